The van der Waals surface area contributed by atoms with Crippen LogP contribution in [0.2, 0.25) is 0 Å². The number of nitrogens with one attached hydrogen (secondary N) is 1. The maximum Gasteiger partial charge on any atom is 0.134 e. The fourth-order valence-corrected chi connectivity index (χ4v) is 2.70. The van der Waals surface area contributed by atoms with Gasteiger partial charge in [0.1, 0.15) is 17.2 Å². The molecule has 1 unspecified atom stereocenters. The number of benzene rings is 2. The zero-order valence-electron chi connectivity index (χ0n) is 12.2. The third-order valence-electron chi connectivity index (χ3n) is 3.74. The van der Waals surface area contributed by atoms with Gasteiger partial charge < -0.3 is 9.73 Å². The van der Waals surface area contributed by atoms with Gasteiger partial charge in [0.25, 0.3) is 0 Å². The molecule has 3 rings (SSSR count). The van der Waals surface area contributed by atoms with Crippen molar-refractivity contribution in [3.05, 3.63) is 71.2 Å². The number of aryl methyl sites for hydroxylation is 1. The molecule has 0 aliphatic heterocycles. The smallest absolute Gasteiger partial charge is 0.134 e. The number of fused-ring (bicyclic) bond motifs is 1. The number of furan rings is 1. The van der Waals surface area contributed by atoms with E-state index in [1.165, 1.54) is 12.1 Å². The molecule has 0 bridgehead atoms. The van der Waals surface area contributed by atoms with E-state index in [0.717, 1.165) is 34.4 Å². The molecule has 21 heavy (non-hydrogen) atoms. The molecule has 0 radical (unpaired) electrons. The summed E-state index contributed by atoms with van der Waals surface area (Å²) in [5.74, 6) is 0.612. The van der Waals surface area contributed by atoms with E-state index in [9.17, 15) is 4.39 Å². The van der Waals surface area contributed by atoms with E-state index < -0.39 is 0 Å². The lowest BCUT2D eigenvalue weighted by Crippen LogP contribution is -2.22. The summed E-state index contributed by atoms with van der Waals surface area (Å²) in [5, 5.41) is 4.28. The molecule has 0 aliphatic rings. The molecule has 1 aromatic heterocycles. The number of hydrogen-bond acceptors (Lipinski definition) is 2. The second-order valence-electron chi connectivity index (χ2n) is 5.13. The molecule has 3 heteroatoms. The minimum absolute atomic E-state index is 0.0216. The second-order valence-corrected chi connectivity index (χ2v) is 5.13. The monoisotopic (exact) mass is 283 g/mol. The van der Waals surface area contributed by atoms with Gasteiger partial charge in [0.05, 0.1) is 6.04 Å². The molecule has 0 amide bonds. The molecule has 0 saturated heterocycles. The third kappa shape index (κ3) is 2.57. The average Bonchev–Trinajstić information content (AvgIpc) is 2.82. The van der Waals surface area contributed by atoms with E-state index in [1.807, 2.05) is 25.1 Å². The first-order chi connectivity index (χ1) is 10.2. The van der Waals surface area contributed by atoms with E-state index >= 15 is 0 Å². The molecule has 1 heterocycles. The van der Waals surface area contributed by atoms with Gasteiger partial charge in [-0.25, -0.2) is 4.39 Å². The minimum Gasteiger partial charge on any atom is -0.459 e. The van der Waals surface area contributed by atoms with Crippen molar-refractivity contribution in [1.82, 2.24) is 5.32 Å². The highest BCUT2D eigenvalue weighted by molar-refractivity contribution is 5.82. The van der Waals surface area contributed by atoms with Crippen LogP contribution in [0.15, 0.2) is 52.9 Å². The number of halogens is 1. The molecule has 0 aliphatic carbocycles. The van der Waals surface area contributed by atoms with E-state index in [1.54, 1.807) is 6.07 Å². The van der Waals surface area contributed by atoms with Gasteiger partial charge in [-0.1, -0.05) is 37.3 Å². The Hall–Kier alpha value is -2.13. The zero-order chi connectivity index (χ0) is 14.8. The summed E-state index contributed by atoms with van der Waals surface area (Å²) in [6, 6.07) is 14.8. The van der Waals surface area contributed by atoms with E-state index in [2.05, 4.69) is 24.4 Å². The molecule has 0 spiro atoms. The normalized spacial score (nSPS) is 12.7. The standard InChI is InChI=1S/C18H18FNO/c1-3-20-17(13-7-5-4-6-8-13)18-12(2)15-11-14(19)9-10-16(15)21-18/h4-11,17,20H,3H2,1-2H3. The van der Waals surface area contributed by atoms with Gasteiger partial charge in [0.15, 0.2) is 0 Å². The zero-order valence-corrected chi connectivity index (χ0v) is 12.2. The van der Waals surface area contributed by atoms with E-state index in [4.69, 9.17) is 4.42 Å². The summed E-state index contributed by atoms with van der Waals surface area (Å²) in [5.41, 5.74) is 2.85. The summed E-state index contributed by atoms with van der Waals surface area (Å²) in [4.78, 5) is 0. The highest BCUT2D eigenvalue weighted by Gasteiger charge is 2.21. The van der Waals surface area contributed by atoms with Crippen molar-refractivity contribution in [3.63, 3.8) is 0 Å². The Morgan fingerprint density at radius 2 is 1.90 bits per heavy atom. The fourth-order valence-electron chi connectivity index (χ4n) is 2.70. The van der Waals surface area contributed by atoms with Crippen LogP contribution in [-0.2, 0) is 0 Å². The number of hydrogen-bond donors (Lipinski definition) is 1. The van der Waals surface area contributed by atoms with Crippen LogP contribution in [0, 0.1) is 12.7 Å². The van der Waals surface area contributed by atoms with E-state index in [0.29, 0.717) is 0 Å². The van der Waals surface area contributed by atoms with Crippen LogP contribution in [0.5, 0.6) is 0 Å². The topological polar surface area (TPSA) is 25.2 Å². The van der Waals surface area contributed by atoms with Crippen LogP contribution in [0.3, 0.4) is 0 Å². The van der Waals surface area contributed by atoms with Gasteiger partial charge in [-0.15, -0.1) is 0 Å². The maximum atomic E-state index is 13.4. The van der Waals surface area contributed by atoms with Gasteiger partial charge >= 0.3 is 0 Å². The van der Waals surface area contributed by atoms with Crippen LogP contribution < -0.4 is 5.32 Å². The summed E-state index contributed by atoms with van der Waals surface area (Å²) in [6.07, 6.45) is 0. The Balaban J connectivity index is 2.14. The predicted octanol–water partition coefficient (Wildman–Crippen LogP) is 4.58. The molecule has 0 fully saturated rings. The molecule has 1 atom stereocenters. The van der Waals surface area contributed by atoms with Gasteiger partial charge in [0.2, 0.25) is 0 Å². The minimum atomic E-state index is -0.238. The summed E-state index contributed by atoms with van der Waals surface area (Å²) in [7, 11) is 0. The van der Waals surface area contributed by atoms with Crippen LogP contribution >= 0.6 is 0 Å². The molecule has 1 N–H and O–H groups in total. The van der Waals surface area contributed by atoms with Gasteiger partial charge in [0, 0.05) is 10.9 Å². The second kappa shape index (κ2) is 5.70. The quantitative estimate of drug-likeness (QED) is 0.758. The SMILES string of the molecule is CCNC(c1ccccc1)c1oc2ccc(F)cc2c1C. The van der Waals surface area contributed by atoms with Crippen LogP contribution in [-0.4, -0.2) is 6.54 Å². The molecular weight excluding hydrogens is 265 g/mol. The molecule has 2 aromatic carbocycles. The lowest BCUT2D eigenvalue weighted by Gasteiger charge is -2.17. The summed E-state index contributed by atoms with van der Waals surface area (Å²) in [6.45, 7) is 4.87. The Morgan fingerprint density at radius 1 is 1.14 bits per heavy atom. The first-order valence-corrected chi connectivity index (χ1v) is 7.17. The lowest BCUT2D eigenvalue weighted by atomic mass is 10.0. The fraction of sp³-hybridized carbons (Fsp3) is 0.222. The third-order valence-corrected chi connectivity index (χ3v) is 3.74. The lowest BCUT2D eigenvalue weighted by molar-refractivity contribution is 0.473. The molecule has 2 nitrogen and oxygen atoms in total. The molecular formula is C18H18FNO. The van der Waals surface area contributed by atoms with E-state index in [-0.39, 0.29) is 11.9 Å². The van der Waals surface area contributed by atoms with Crippen molar-refractivity contribution >= 4 is 11.0 Å². The van der Waals surface area contributed by atoms with Crippen LogP contribution in [0.4, 0.5) is 4.39 Å². The van der Waals surface area contributed by atoms with Crippen molar-refractivity contribution in [2.24, 2.45) is 0 Å². The maximum absolute atomic E-state index is 13.4. The molecule has 108 valence electrons. The van der Waals surface area contributed by atoms with Gasteiger partial charge in [-0.3, -0.25) is 0 Å². The number of rotatable bonds is 4. The summed E-state index contributed by atoms with van der Waals surface area (Å²) < 4.78 is 19.4. The van der Waals surface area contributed by atoms with Crippen molar-refractivity contribution < 1.29 is 8.81 Å². The first-order valence-electron chi connectivity index (χ1n) is 7.17. The largest absolute Gasteiger partial charge is 0.459 e. The highest BCUT2D eigenvalue weighted by atomic mass is 19.1. The Bertz CT molecular complexity index is 749. The summed E-state index contributed by atoms with van der Waals surface area (Å²) >= 11 is 0. The Kier molecular flexibility index (Phi) is 3.76. The van der Waals surface area contributed by atoms with Crippen molar-refractivity contribution in [3.8, 4) is 0 Å². The predicted molar refractivity (Wildman–Crippen MR) is 82.9 cm³/mol. The van der Waals surface area contributed by atoms with Crippen molar-refractivity contribution in [2.45, 2.75) is 19.9 Å². The highest BCUT2D eigenvalue weighted by Crippen LogP contribution is 2.33. The van der Waals surface area contributed by atoms with Gasteiger partial charge in [-0.2, -0.15) is 0 Å². The molecule has 0 saturated carbocycles. The average molecular weight is 283 g/mol. The van der Waals surface area contributed by atoms with Gasteiger partial charge in [-0.05, 0) is 37.2 Å². The molecule has 3 aromatic rings. The van der Waals surface area contributed by atoms with Crippen LogP contribution in [0.1, 0.15) is 29.9 Å². The van der Waals surface area contributed by atoms with Crippen molar-refractivity contribution in [2.75, 3.05) is 6.54 Å². The first kappa shape index (κ1) is 13.8. The Morgan fingerprint density at radius 3 is 2.62 bits per heavy atom. The van der Waals surface area contributed by atoms with Crippen molar-refractivity contribution in [1.29, 1.82) is 0 Å². The van der Waals surface area contributed by atoms with Crippen LogP contribution in [0.25, 0.3) is 11.0 Å². The Labute approximate surface area is 123 Å².